The molecule has 1 aromatic carbocycles. The van der Waals surface area contributed by atoms with Crippen molar-refractivity contribution in [2.75, 3.05) is 38.4 Å². The van der Waals surface area contributed by atoms with Crippen molar-refractivity contribution in [3.05, 3.63) is 23.3 Å². The highest BCUT2D eigenvalue weighted by molar-refractivity contribution is 7.47. The number of carbonyl (C=O) groups is 2. The SMILES string of the molecule is CCCCOC(=O)CCCN1c2cc(O)c(C=O)cc2C(CP(OC)OC)CC1(C)C. The van der Waals surface area contributed by atoms with Gasteiger partial charge in [-0.2, -0.15) is 0 Å². The Labute approximate surface area is 187 Å². The van der Waals surface area contributed by atoms with Gasteiger partial charge in [-0.25, -0.2) is 0 Å². The zero-order valence-electron chi connectivity index (χ0n) is 19.3. The molecule has 1 heterocycles. The van der Waals surface area contributed by atoms with Gasteiger partial charge in [-0.1, -0.05) is 13.3 Å². The Bertz CT molecular complexity index is 750. The molecule has 0 saturated carbocycles. The lowest BCUT2D eigenvalue weighted by Crippen LogP contribution is -2.49. The van der Waals surface area contributed by atoms with Gasteiger partial charge in [0.25, 0.3) is 0 Å². The molecular weight excluding hydrogens is 417 g/mol. The largest absolute Gasteiger partial charge is 0.507 e. The molecular formula is C23H36NO6P. The van der Waals surface area contributed by atoms with Crippen molar-refractivity contribution in [3.63, 3.8) is 0 Å². The molecule has 0 bridgehead atoms. The second kappa shape index (κ2) is 11.8. The van der Waals surface area contributed by atoms with Crippen LogP contribution >= 0.6 is 8.38 Å². The van der Waals surface area contributed by atoms with Crippen LogP contribution in [0.15, 0.2) is 12.1 Å². The summed E-state index contributed by atoms with van der Waals surface area (Å²) in [6.45, 7) is 7.51. The third-order valence-corrected chi connectivity index (χ3v) is 7.36. The molecule has 31 heavy (non-hydrogen) atoms. The van der Waals surface area contributed by atoms with E-state index in [1.54, 1.807) is 26.4 Å². The van der Waals surface area contributed by atoms with Gasteiger partial charge in [0.15, 0.2) is 14.7 Å². The molecule has 0 saturated heterocycles. The fourth-order valence-electron chi connectivity index (χ4n) is 4.19. The van der Waals surface area contributed by atoms with E-state index in [4.69, 9.17) is 13.8 Å². The number of aldehydes is 1. The van der Waals surface area contributed by atoms with Crippen LogP contribution in [0.2, 0.25) is 0 Å². The molecule has 1 N–H and O–H groups in total. The molecule has 7 nitrogen and oxygen atoms in total. The normalized spacial score (nSPS) is 17.5. The van der Waals surface area contributed by atoms with Crippen molar-refractivity contribution < 1.29 is 28.5 Å². The Balaban J connectivity index is 2.25. The zero-order valence-corrected chi connectivity index (χ0v) is 20.2. The number of hydrogen-bond donors (Lipinski definition) is 1. The number of unbranched alkanes of at least 4 members (excludes halogenated alkanes) is 1. The first-order chi connectivity index (χ1) is 14.8. The molecule has 1 unspecified atom stereocenters. The maximum absolute atomic E-state index is 12.0. The number of phenolic OH excluding ortho intramolecular Hbond substituents is 1. The second-order valence-corrected chi connectivity index (χ2v) is 10.3. The molecule has 8 heteroatoms. The highest BCUT2D eigenvalue weighted by Gasteiger charge is 2.39. The molecule has 1 atom stereocenters. The Morgan fingerprint density at radius 2 is 2.00 bits per heavy atom. The summed E-state index contributed by atoms with van der Waals surface area (Å²) >= 11 is 0. The number of ether oxygens (including phenoxy) is 1. The minimum Gasteiger partial charge on any atom is -0.507 e. The Morgan fingerprint density at radius 3 is 2.61 bits per heavy atom. The first-order valence-electron chi connectivity index (χ1n) is 10.9. The third kappa shape index (κ3) is 6.64. The van der Waals surface area contributed by atoms with Crippen LogP contribution in [0, 0.1) is 0 Å². The molecule has 0 spiro atoms. The molecule has 0 radical (unpaired) electrons. The summed E-state index contributed by atoms with van der Waals surface area (Å²) in [6, 6.07) is 3.46. The number of rotatable bonds is 12. The molecule has 0 aromatic heterocycles. The van der Waals surface area contributed by atoms with E-state index in [1.807, 2.05) is 0 Å². The van der Waals surface area contributed by atoms with E-state index >= 15 is 0 Å². The summed E-state index contributed by atoms with van der Waals surface area (Å²) in [5.74, 6) is -0.0770. The summed E-state index contributed by atoms with van der Waals surface area (Å²) in [5.41, 5.74) is 1.97. The monoisotopic (exact) mass is 453 g/mol. The second-order valence-electron chi connectivity index (χ2n) is 8.51. The van der Waals surface area contributed by atoms with E-state index in [1.165, 1.54) is 0 Å². The topological polar surface area (TPSA) is 85.3 Å². The standard InChI is InChI=1S/C23H36NO6P/c1-6-7-11-30-22(27)9-8-10-24-20-13-21(26)17(15-25)12-19(20)18(14-23(24,2)3)16-31(28-4)29-5/h12-13,15,18,26H,6-11,14,16H2,1-5H3. The number of benzene rings is 1. The van der Waals surface area contributed by atoms with Crippen LogP contribution in [0.4, 0.5) is 5.69 Å². The lowest BCUT2D eigenvalue weighted by molar-refractivity contribution is -0.143. The van der Waals surface area contributed by atoms with Gasteiger partial charge in [0.05, 0.1) is 12.2 Å². The van der Waals surface area contributed by atoms with Crippen molar-refractivity contribution in [1.29, 1.82) is 0 Å². The Hall–Kier alpha value is -1.69. The van der Waals surface area contributed by atoms with E-state index in [0.29, 0.717) is 38.4 Å². The fourth-order valence-corrected chi connectivity index (χ4v) is 5.32. The van der Waals surface area contributed by atoms with Crippen LogP contribution in [-0.2, 0) is 18.6 Å². The van der Waals surface area contributed by atoms with Crippen molar-refractivity contribution in [1.82, 2.24) is 0 Å². The van der Waals surface area contributed by atoms with Crippen molar-refractivity contribution in [3.8, 4) is 5.75 Å². The molecule has 0 aliphatic carbocycles. The number of anilines is 1. The van der Waals surface area contributed by atoms with Crippen LogP contribution < -0.4 is 4.90 Å². The molecule has 1 aliphatic heterocycles. The minimum absolute atomic E-state index is 0.0325. The van der Waals surface area contributed by atoms with Crippen molar-refractivity contribution >= 4 is 26.3 Å². The molecule has 2 rings (SSSR count). The number of esters is 1. The van der Waals surface area contributed by atoms with E-state index in [-0.39, 0.29) is 28.7 Å². The molecule has 0 fully saturated rings. The lowest BCUT2D eigenvalue weighted by atomic mass is 9.79. The lowest BCUT2D eigenvalue weighted by Gasteiger charge is -2.48. The summed E-state index contributed by atoms with van der Waals surface area (Å²) in [4.78, 5) is 25.7. The van der Waals surface area contributed by atoms with Gasteiger partial charge in [0.1, 0.15) is 5.75 Å². The van der Waals surface area contributed by atoms with E-state index in [9.17, 15) is 14.7 Å². The van der Waals surface area contributed by atoms with Crippen LogP contribution in [0.5, 0.6) is 5.75 Å². The number of nitrogens with zero attached hydrogens (tertiary/aromatic N) is 1. The van der Waals surface area contributed by atoms with Crippen LogP contribution in [-0.4, -0.2) is 56.4 Å². The number of carbonyl (C=O) groups excluding carboxylic acids is 2. The van der Waals surface area contributed by atoms with Gasteiger partial charge in [0, 0.05) is 50.6 Å². The van der Waals surface area contributed by atoms with Crippen LogP contribution in [0.1, 0.15) is 74.7 Å². The van der Waals surface area contributed by atoms with Gasteiger partial charge < -0.3 is 23.8 Å². The average molecular weight is 454 g/mol. The van der Waals surface area contributed by atoms with Crippen molar-refractivity contribution in [2.45, 2.75) is 64.3 Å². The Morgan fingerprint density at radius 1 is 1.29 bits per heavy atom. The number of aromatic hydroxyl groups is 1. The molecule has 1 aromatic rings. The van der Waals surface area contributed by atoms with Crippen LogP contribution in [0.3, 0.4) is 0 Å². The third-order valence-electron chi connectivity index (χ3n) is 5.81. The molecule has 174 valence electrons. The maximum Gasteiger partial charge on any atom is 0.305 e. The number of phenols is 1. The van der Waals surface area contributed by atoms with Gasteiger partial charge in [0.2, 0.25) is 0 Å². The zero-order chi connectivity index (χ0) is 23.0. The van der Waals surface area contributed by atoms with E-state index < -0.39 is 8.38 Å². The quantitative estimate of drug-likeness (QED) is 0.206. The van der Waals surface area contributed by atoms with Crippen molar-refractivity contribution in [2.24, 2.45) is 0 Å². The Kier molecular flexibility index (Phi) is 9.73. The first kappa shape index (κ1) is 25.6. The highest BCUT2D eigenvalue weighted by Crippen LogP contribution is 2.51. The van der Waals surface area contributed by atoms with Gasteiger partial charge in [-0.3, -0.25) is 9.59 Å². The summed E-state index contributed by atoms with van der Waals surface area (Å²) in [6.07, 6.45) is 5.11. The minimum atomic E-state index is -1.04. The highest BCUT2D eigenvalue weighted by atomic mass is 31.2. The van der Waals surface area contributed by atoms with E-state index in [0.717, 1.165) is 30.5 Å². The summed E-state index contributed by atoms with van der Waals surface area (Å²) < 4.78 is 16.2. The van der Waals surface area contributed by atoms with Crippen LogP contribution in [0.25, 0.3) is 0 Å². The predicted molar refractivity (Wildman–Crippen MR) is 123 cm³/mol. The average Bonchev–Trinajstić information content (AvgIpc) is 2.73. The fraction of sp³-hybridized carbons (Fsp3) is 0.652. The maximum atomic E-state index is 12.0. The number of fused-ring (bicyclic) bond motifs is 1. The smallest absolute Gasteiger partial charge is 0.305 e. The van der Waals surface area contributed by atoms with Gasteiger partial charge in [-0.15, -0.1) is 0 Å². The number of hydrogen-bond acceptors (Lipinski definition) is 7. The molecule has 0 amide bonds. The summed E-state index contributed by atoms with van der Waals surface area (Å²) in [5, 5.41) is 10.4. The van der Waals surface area contributed by atoms with Gasteiger partial charge >= 0.3 is 5.97 Å². The van der Waals surface area contributed by atoms with E-state index in [2.05, 4.69) is 25.7 Å². The molecule has 1 aliphatic rings. The summed E-state index contributed by atoms with van der Waals surface area (Å²) in [7, 11) is 2.25. The first-order valence-corrected chi connectivity index (χ1v) is 12.2. The predicted octanol–water partition coefficient (Wildman–Crippen LogP) is 5.01. The van der Waals surface area contributed by atoms with Gasteiger partial charge in [-0.05, 0) is 50.7 Å².